The molecule has 2 rings (SSSR count). The van der Waals surface area contributed by atoms with Gasteiger partial charge in [-0.3, -0.25) is 0 Å². The van der Waals surface area contributed by atoms with Gasteiger partial charge in [0.2, 0.25) is 0 Å². The van der Waals surface area contributed by atoms with Crippen LogP contribution >= 0.6 is 11.6 Å². The van der Waals surface area contributed by atoms with Crippen LogP contribution in [-0.4, -0.2) is 17.8 Å². The summed E-state index contributed by atoms with van der Waals surface area (Å²) in [4.78, 5) is 0. The van der Waals surface area contributed by atoms with Crippen LogP contribution in [0.4, 0.5) is 0 Å². The molecule has 3 heteroatoms. The topological polar surface area (TPSA) is 29.5 Å². The Hall–Kier alpha value is -0.570. The minimum atomic E-state index is -0.319. The van der Waals surface area contributed by atoms with Crippen molar-refractivity contribution >= 4 is 11.6 Å². The van der Waals surface area contributed by atoms with E-state index in [1.165, 1.54) is 0 Å². The molecule has 1 aromatic rings. The lowest BCUT2D eigenvalue weighted by Gasteiger charge is -2.08. The van der Waals surface area contributed by atoms with Crippen molar-refractivity contribution in [1.82, 2.24) is 0 Å². The average Bonchev–Trinajstić information content (AvgIpc) is 2.53. The largest absolute Gasteiger partial charge is 0.391 e. The van der Waals surface area contributed by atoms with Crippen LogP contribution < -0.4 is 0 Å². The predicted octanol–water partition coefficient (Wildman–Crippen LogP) is 2.16. The van der Waals surface area contributed by atoms with Gasteiger partial charge in [-0.25, -0.2) is 0 Å². The fourth-order valence-corrected chi connectivity index (χ4v) is 1.65. The van der Waals surface area contributed by atoms with E-state index in [9.17, 15) is 5.11 Å². The maximum Gasteiger partial charge on any atom is 0.0851 e. The van der Waals surface area contributed by atoms with Gasteiger partial charge >= 0.3 is 0 Å². The first-order chi connectivity index (χ1) is 6.25. The van der Waals surface area contributed by atoms with Crippen LogP contribution in [0.25, 0.3) is 0 Å². The second-order valence-corrected chi connectivity index (χ2v) is 3.70. The van der Waals surface area contributed by atoms with Crippen LogP contribution in [-0.2, 0) is 4.74 Å². The number of aliphatic hydroxyl groups excluding tert-OH is 1. The van der Waals surface area contributed by atoms with Gasteiger partial charge in [0.1, 0.15) is 0 Å². The minimum absolute atomic E-state index is 0.0345. The zero-order valence-electron chi connectivity index (χ0n) is 7.11. The number of rotatable bonds is 1. The molecule has 0 saturated carbocycles. The summed E-state index contributed by atoms with van der Waals surface area (Å²) in [5, 5.41) is 9.99. The van der Waals surface area contributed by atoms with Crippen LogP contribution in [0.5, 0.6) is 0 Å². The molecule has 13 heavy (non-hydrogen) atoms. The van der Waals surface area contributed by atoms with E-state index < -0.39 is 0 Å². The van der Waals surface area contributed by atoms with Crippen molar-refractivity contribution in [3.05, 3.63) is 34.9 Å². The van der Waals surface area contributed by atoms with Crippen LogP contribution in [0, 0.1) is 0 Å². The molecule has 1 aliphatic heterocycles. The molecule has 2 atom stereocenters. The second-order valence-electron chi connectivity index (χ2n) is 3.26. The van der Waals surface area contributed by atoms with Crippen LogP contribution in [0.1, 0.15) is 18.1 Å². The van der Waals surface area contributed by atoms with E-state index in [1.54, 1.807) is 0 Å². The van der Waals surface area contributed by atoms with Crippen LogP contribution in [0.3, 0.4) is 0 Å². The van der Waals surface area contributed by atoms with Gasteiger partial charge in [-0.15, -0.1) is 0 Å². The molecule has 1 aromatic carbocycles. The van der Waals surface area contributed by atoms with Crippen molar-refractivity contribution < 1.29 is 9.84 Å². The molecule has 1 fully saturated rings. The zero-order chi connectivity index (χ0) is 9.26. The van der Waals surface area contributed by atoms with E-state index in [1.807, 2.05) is 24.3 Å². The Labute approximate surface area is 82.1 Å². The van der Waals surface area contributed by atoms with Gasteiger partial charge < -0.3 is 9.84 Å². The van der Waals surface area contributed by atoms with Gasteiger partial charge in [-0.2, -0.15) is 0 Å². The van der Waals surface area contributed by atoms with Gasteiger partial charge in [-0.05, 0) is 17.7 Å². The van der Waals surface area contributed by atoms with Crippen molar-refractivity contribution in [3.8, 4) is 0 Å². The lowest BCUT2D eigenvalue weighted by molar-refractivity contribution is 0.0888. The fraction of sp³-hybridized carbons (Fsp3) is 0.400. The second kappa shape index (κ2) is 3.66. The molecule has 0 bridgehead atoms. The van der Waals surface area contributed by atoms with Crippen molar-refractivity contribution in [1.29, 1.82) is 0 Å². The monoisotopic (exact) mass is 198 g/mol. The van der Waals surface area contributed by atoms with Gasteiger partial charge in [0.15, 0.2) is 0 Å². The molecular formula is C10H11ClO2. The molecular weight excluding hydrogens is 188 g/mol. The average molecular weight is 199 g/mol. The Morgan fingerprint density at radius 2 is 2.00 bits per heavy atom. The summed E-state index contributed by atoms with van der Waals surface area (Å²) in [5.41, 5.74) is 1.08. The molecule has 0 amide bonds. The molecule has 0 aromatic heterocycles. The van der Waals surface area contributed by atoms with Gasteiger partial charge in [-0.1, -0.05) is 23.7 Å². The molecule has 1 saturated heterocycles. The molecule has 0 aliphatic carbocycles. The number of ether oxygens (including phenoxy) is 1. The van der Waals surface area contributed by atoms with E-state index in [0.29, 0.717) is 13.0 Å². The van der Waals surface area contributed by atoms with Crippen molar-refractivity contribution in [3.63, 3.8) is 0 Å². The third-order valence-electron chi connectivity index (χ3n) is 2.22. The summed E-state index contributed by atoms with van der Waals surface area (Å²) in [6.07, 6.45) is 0.398. The minimum Gasteiger partial charge on any atom is -0.391 e. The maximum atomic E-state index is 9.26. The number of halogens is 1. The summed E-state index contributed by atoms with van der Waals surface area (Å²) in [5.74, 6) is 0. The summed E-state index contributed by atoms with van der Waals surface area (Å²) >= 11 is 5.76. The first-order valence-corrected chi connectivity index (χ1v) is 4.68. The van der Waals surface area contributed by atoms with Crippen molar-refractivity contribution in [2.45, 2.75) is 18.6 Å². The van der Waals surface area contributed by atoms with E-state index in [2.05, 4.69) is 0 Å². The van der Waals surface area contributed by atoms with Gasteiger partial charge in [0.05, 0.1) is 18.8 Å². The summed E-state index contributed by atoms with van der Waals surface area (Å²) < 4.78 is 5.40. The summed E-state index contributed by atoms with van der Waals surface area (Å²) in [6.45, 7) is 0.438. The maximum absolute atomic E-state index is 9.26. The molecule has 70 valence electrons. The normalized spacial score (nSPS) is 27.8. The van der Waals surface area contributed by atoms with Gasteiger partial charge in [0.25, 0.3) is 0 Å². The summed E-state index contributed by atoms with van der Waals surface area (Å²) in [6, 6.07) is 7.55. The molecule has 1 heterocycles. The van der Waals surface area contributed by atoms with Crippen LogP contribution in [0.2, 0.25) is 5.02 Å². The fourth-order valence-electron chi connectivity index (χ4n) is 1.52. The molecule has 0 radical (unpaired) electrons. The SMILES string of the molecule is OC1COC(c2ccc(Cl)cc2)C1. The third kappa shape index (κ3) is 2.02. The van der Waals surface area contributed by atoms with Crippen molar-refractivity contribution in [2.24, 2.45) is 0 Å². The predicted molar refractivity (Wildman–Crippen MR) is 50.8 cm³/mol. The van der Waals surface area contributed by atoms with E-state index >= 15 is 0 Å². The number of hydrogen-bond acceptors (Lipinski definition) is 2. The van der Waals surface area contributed by atoms with Crippen molar-refractivity contribution in [2.75, 3.05) is 6.61 Å². The quantitative estimate of drug-likeness (QED) is 0.750. The number of hydrogen-bond donors (Lipinski definition) is 1. The molecule has 0 spiro atoms. The molecule has 2 unspecified atom stereocenters. The van der Waals surface area contributed by atoms with E-state index in [-0.39, 0.29) is 12.2 Å². The lowest BCUT2D eigenvalue weighted by atomic mass is 10.1. The highest BCUT2D eigenvalue weighted by atomic mass is 35.5. The highest BCUT2D eigenvalue weighted by Crippen LogP contribution is 2.29. The number of aliphatic hydroxyl groups is 1. The highest BCUT2D eigenvalue weighted by molar-refractivity contribution is 6.30. The zero-order valence-corrected chi connectivity index (χ0v) is 7.87. The Morgan fingerprint density at radius 1 is 1.31 bits per heavy atom. The molecule has 1 N–H and O–H groups in total. The molecule has 2 nitrogen and oxygen atoms in total. The third-order valence-corrected chi connectivity index (χ3v) is 2.47. The smallest absolute Gasteiger partial charge is 0.0851 e. The Kier molecular flexibility index (Phi) is 2.54. The van der Waals surface area contributed by atoms with Gasteiger partial charge in [0, 0.05) is 11.4 Å². The summed E-state index contributed by atoms with van der Waals surface area (Å²) in [7, 11) is 0. The molecule has 1 aliphatic rings. The first kappa shape index (κ1) is 9.00. The lowest BCUT2D eigenvalue weighted by Crippen LogP contribution is -2.02. The highest BCUT2D eigenvalue weighted by Gasteiger charge is 2.24. The standard InChI is InChI=1S/C10H11ClO2/c11-8-3-1-7(2-4-8)10-5-9(12)6-13-10/h1-4,9-10,12H,5-6H2. The first-order valence-electron chi connectivity index (χ1n) is 4.31. The van der Waals surface area contributed by atoms with E-state index in [0.717, 1.165) is 10.6 Å². The Bertz CT molecular complexity index is 283. The Morgan fingerprint density at radius 3 is 2.54 bits per heavy atom. The Balaban J connectivity index is 2.13. The van der Waals surface area contributed by atoms with E-state index in [4.69, 9.17) is 16.3 Å². The van der Waals surface area contributed by atoms with Crippen LogP contribution in [0.15, 0.2) is 24.3 Å². The number of benzene rings is 1.